The fourth-order valence-corrected chi connectivity index (χ4v) is 1.86. The normalized spacial score (nSPS) is 9.86. The molecule has 1 aromatic heterocycles. The van der Waals surface area contributed by atoms with Crippen LogP contribution in [0.1, 0.15) is 18.3 Å². The molecule has 5 nitrogen and oxygen atoms in total. The van der Waals surface area contributed by atoms with E-state index >= 15 is 0 Å². The SMILES string of the molecule is CCn1ncnc1COc1ccc(OC)cc1C#CCCl. The highest BCUT2D eigenvalue weighted by Gasteiger charge is 2.07. The van der Waals surface area contributed by atoms with Crippen molar-refractivity contribution in [3.63, 3.8) is 0 Å². The molecule has 0 fully saturated rings. The van der Waals surface area contributed by atoms with Gasteiger partial charge in [0.05, 0.1) is 18.6 Å². The summed E-state index contributed by atoms with van der Waals surface area (Å²) in [6, 6.07) is 5.47. The molecule has 21 heavy (non-hydrogen) atoms. The Morgan fingerprint density at radius 2 is 2.24 bits per heavy atom. The van der Waals surface area contributed by atoms with Gasteiger partial charge in [0.25, 0.3) is 0 Å². The molecule has 0 N–H and O–H groups in total. The molecular weight excluding hydrogens is 290 g/mol. The first-order valence-corrected chi connectivity index (χ1v) is 7.04. The molecule has 6 heteroatoms. The zero-order chi connectivity index (χ0) is 15.1. The van der Waals surface area contributed by atoms with Gasteiger partial charge in [-0.3, -0.25) is 0 Å². The van der Waals surface area contributed by atoms with Gasteiger partial charge in [-0.25, -0.2) is 9.67 Å². The summed E-state index contributed by atoms with van der Waals surface area (Å²) >= 11 is 5.61. The lowest BCUT2D eigenvalue weighted by Crippen LogP contribution is -2.07. The average Bonchev–Trinajstić information content (AvgIpc) is 2.98. The molecule has 0 unspecified atom stereocenters. The third-order valence-corrected chi connectivity index (χ3v) is 2.96. The van der Waals surface area contributed by atoms with Crippen LogP contribution in [0.5, 0.6) is 11.5 Å². The molecule has 2 rings (SSSR count). The van der Waals surface area contributed by atoms with Crippen molar-refractivity contribution in [2.45, 2.75) is 20.1 Å². The first kappa shape index (κ1) is 15.2. The van der Waals surface area contributed by atoms with Crippen molar-refractivity contribution in [1.29, 1.82) is 0 Å². The molecule has 0 bridgehead atoms. The van der Waals surface area contributed by atoms with E-state index in [4.69, 9.17) is 21.1 Å². The number of rotatable bonds is 5. The van der Waals surface area contributed by atoms with Gasteiger partial charge in [-0.05, 0) is 25.1 Å². The third-order valence-electron chi connectivity index (χ3n) is 2.83. The number of halogens is 1. The number of aryl methyl sites for hydroxylation is 1. The van der Waals surface area contributed by atoms with Gasteiger partial charge in [-0.15, -0.1) is 11.6 Å². The number of ether oxygens (including phenoxy) is 2. The Morgan fingerprint density at radius 3 is 2.95 bits per heavy atom. The number of methoxy groups -OCH3 is 1. The zero-order valence-electron chi connectivity index (χ0n) is 12.0. The summed E-state index contributed by atoms with van der Waals surface area (Å²) in [5, 5.41) is 4.11. The van der Waals surface area contributed by atoms with Crippen molar-refractivity contribution >= 4 is 11.6 Å². The standard InChI is InChI=1S/C15H16ClN3O2/c1-3-19-15(17-11-18-19)10-21-14-7-6-13(20-2)9-12(14)5-4-8-16/h6-7,9,11H,3,8,10H2,1-2H3. The van der Waals surface area contributed by atoms with Gasteiger partial charge < -0.3 is 9.47 Å². The first-order chi connectivity index (χ1) is 10.3. The molecule has 0 aliphatic rings. The van der Waals surface area contributed by atoms with Crippen molar-refractivity contribution in [3.05, 3.63) is 35.9 Å². The monoisotopic (exact) mass is 305 g/mol. The van der Waals surface area contributed by atoms with E-state index < -0.39 is 0 Å². The second-order valence-corrected chi connectivity index (χ2v) is 4.35. The van der Waals surface area contributed by atoms with E-state index in [-0.39, 0.29) is 5.88 Å². The Bertz CT molecular complexity index is 658. The van der Waals surface area contributed by atoms with Gasteiger partial charge >= 0.3 is 0 Å². The predicted molar refractivity (Wildman–Crippen MR) is 80.6 cm³/mol. The summed E-state index contributed by atoms with van der Waals surface area (Å²) in [5.41, 5.74) is 0.734. The zero-order valence-corrected chi connectivity index (χ0v) is 12.7. The molecule has 0 aliphatic heterocycles. The summed E-state index contributed by atoms with van der Waals surface area (Å²) < 4.78 is 12.8. The Kier molecular flexibility index (Phi) is 5.47. The fourth-order valence-electron chi connectivity index (χ4n) is 1.79. The highest BCUT2D eigenvalue weighted by molar-refractivity contribution is 6.19. The largest absolute Gasteiger partial charge is 0.497 e. The minimum Gasteiger partial charge on any atom is -0.497 e. The van der Waals surface area contributed by atoms with Crippen molar-refractivity contribution in [3.8, 4) is 23.3 Å². The number of benzene rings is 1. The van der Waals surface area contributed by atoms with E-state index in [1.807, 2.05) is 25.1 Å². The fraction of sp³-hybridized carbons (Fsp3) is 0.333. The van der Waals surface area contributed by atoms with Gasteiger partial charge in [0.1, 0.15) is 24.4 Å². The van der Waals surface area contributed by atoms with Crippen molar-refractivity contribution in [2.24, 2.45) is 0 Å². The summed E-state index contributed by atoms with van der Waals surface area (Å²) in [6.07, 6.45) is 1.52. The van der Waals surface area contributed by atoms with Crippen LogP contribution in [0.3, 0.4) is 0 Å². The molecule has 0 atom stereocenters. The van der Waals surface area contributed by atoms with E-state index in [0.717, 1.165) is 23.7 Å². The summed E-state index contributed by atoms with van der Waals surface area (Å²) in [5.74, 6) is 8.20. The summed E-state index contributed by atoms with van der Waals surface area (Å²) in [6.45, 7) is 3.08. The average molecular weight is 306 g/mol. The van der Waals surface area contributed by atoms with Crippen LogP contribution in [-0.2, 0) is 13.2 Å². The number of hydrogen-bond acceptors (Lipinski definition) is 4. The van der Waals surface area contributed by atoms with Gasteiger partial charge in [-0.1, -0.05) is 11.8 Å². The third kappa shape index (κ3) is 3.89. The van der Waals surface area contributed by atoms with E-state index in [0.29, 0.717) is 12.4 Å². The van der Waals surface area contributed by atoms with E-state index in [2.05, 4.69) is 21.9 Å². The maximum atomic E-state index is 5.80. The van der Waals surface area contributed by atoms with Crippen LogP contribution < -0.4 is 9.47 Å². The van der Waals surface area contributed by atoms with Crippen LogP contribution in [0.2, 0.25) is 0 Å². The number of alkyl halides is 1. The topological polar surface area (TPSA) is 49.2 Å². The van der Waals surface area contributed by atoms with Crippen molar-refractivity contribution in [1.82, 2.24) is 14.8 Å². The molecule has 110 valence electrons. The second kappa shape index (κ2) is 7.55. The van der Waals surface area contributed by atoms with Crippen molar-refractivity contribution < 1.29 is 9.47 Å². The van der Waals surface area contributed by atoms with Crippen LogP contribution >= 0.6 is 11.6 Å². The van der Waals surface area contributed by atoms with Gasteiger partial charge in [0.15, 0.2) is 5.82 Å². The lowest BCUT2D eigenvalue weighted by atomic mass is 10.2. The maximum absolute atomic E-state index is 5.80. The molecular formula is C15H16ClN3O2. The molecule has 1 aromatic carbocycles. The number of nitrogens with zero attached hydrogens (tertiary/aromatic N) is 3. The Labute approximate surface area is 128 Å². The highest BCUT2D eigenvalue weighted by Crippen LogP contribution is 2.24. The minimum atomic E-state index is 0.265. The van der Waals surface area contributed by atoms with Crippen LogP contribution in [0.25, 0.3) is 0 Å². The molecule has 0 amide bonds. The molecule has 1 heterocycles. The Balaban J connectivity index is 2.18. The van der Waals surface area contributed by atoms with Crippen LogP contribution in [0.15, 0.2) is 24.5 Å². The predicted octanol–water partition coefficient (Wildman–Crippen LogP) is 2.48. The Morgan fingerprint density at radius 1 is 1.38 bits per heavy atom. The summed E-state index contributed by atoms with van der Waals surface area (Å²) in [7, 11) is 1.61. The molecule has 0 aliphatic carbocycles. The molecule has 0 saturated carbocycles. The number of hydrogen-bond donors (Lipinski definition) is 0. The van der Waals surface area contributed by atoms with Crippen LogP contribution in [0, 0.1) is 11.8 Å². The van der Waals surface area contributed by atoms with E-state index in [1.54, 1.807) is 11.8 Å². The lowest BCUT2D eigenvalue weighted by molar-refractivity contribution is 0.286. The van der Waals surface area contributed by atoms with Gasteiger partial charge in [0, 0.05) is 6.54 Å². The highest BCUT2D eigenvalue weighted by atomic mass is 35.5. The first-order valence-electron chi connectivity index (χ1n) is 6.50. The minimum absolute atomic E-state index is 0.265. The smallest absolute Gasteiger partial charge is 0.164 e. The summed E-state index contributed by atoms with van der Waals surface area (Å²) in [4.78, 5) is 4.17. The quantitative estimate of drug-likeness (QED) is 0.629. The van der Waals surface area contributed by atoms with E-state index in [9.17, 15) is 0 Å². The molecule has 0 spiro atoms. The van der Waals surface area contributed by atoms with Crippen LogP contribution in [-0.4, -0.2) is 27.8 Å². The molecule has 0 saturated heterocycles. The van der Waals surface area contributed by atoms with Gasteiger partial charge in [-0.2, -0.15) is 5.10 Å². The van der Waals surface area contributed by atoms with Crippen LogP contribution in [0.4, 0.5) is 0 Å². The molecule has 2 aromatic rings. The number of aromatic nitrogens is 3. The Hall–Kier alpha value is -2.19. The van der Waals surface area contributed by atoms with Gasteiger partial charge in [0.2, 0.25) is 0 Å². The maximum Gasteiger partial charge on any atom is 0.164 e. The van der Waals surface area contributed by atoms with Crippen molar-refractivity contribution in [2.75, 3.05) is 13.0 Å². The molecule has 0 radical (unpaired) electrons. The second-order valence-electron chi connectivity index (χ2n) is 4.08. The van der Waals surface area contributed by atoms with E-state index in [1.165, 1.54) is 6.33 Å². The lowest BCUT2D eigenvalue weighted by Gasteiger charge is -2.10.